The fourth-order valence-electron chi connectivity index (χ4n) is 2.28. The molecule has 1 atom stereocenters. The number of aryl methyl sites for hydroxylation is 1. The lowest BCUT2D eigenvalue weighted by Crippen LogP contribution is -2.20. The van der Waals surface area contributed by atoms with E-state index in [2.05, 4.69) is 29.3 Å². The topological polar surface area (TPSA) is 38.0 Å². The Morgan fingerprint density at radius 2 is 2.38 bits per heavy atom. The van der Waals surface area contributed by atoms with E-state index in [0.717, 1.165) is 25.1 Å². The summed E-state index contributed by atoms with van der Waals surface area (Å²) in [5, 5.41) is 3.55. The highest BCUT2D eigenvalue weighted by Gasteiger charge is 2.21. The Bertz CT molecular complexity index is 426. The Balaban J connectivity index is 1.97. The fourth-order valence-corrected chi connectivity index (χ4v) is 2.28. The third-order valence-electron chi connectivity index (χ3n) is 3.06. The summed E-state index contributed by atoms with van der Waals surface area (Å²) in [6.07, 6.45) is 3.24. The van der Waals surface area contributed by atoms with E-state index in [1.165, 1.54) is 17.5 Å². The molecule has 1 aromatic rings. The zero-order valence-electron chi connectivity index (χ0n) is 9.72. The van der Waals surface area contributed by atoms with Gasteiger partial charge in [-0.15, -0.1) is 11.8 Å². The Morgan fingerprint density at radius 3 is 3.19 bits per heavy atom. The normalized spacial score (nSPS) is 17.7. The zero-order chi connectivity index (χ0) is 11.4. The smallest absolute Gasteiger partial charge is 0.0326 e. The standard InChI is InChI=1S/C14H18N2/c1-2-3-4-9-16-14-8-5-11-10-12(15)6-7-13(11)14/h6-7,10,14,16H,4-5,8-9,15H2,1H3. The van der Waals surface area contributed by atoms with Gasteiger partial charge in [0.15, 0.2) is 0 Å². The van der Waals surface area contributed by atoms with E-state index in [4.69, 9.17) is 5.73 Å². The van der Waals surface area contributed by atoms with Gasteiger partial charge in [-0.2, -0.15) is 0 Å². The lowest BCUT2D eigenvalue weighted by molar-refractivity contribution is 0.539. The van der Waals surface area contributed by atoms with Crippen molar-refractivity contribution in [2.24, 2.45) is 0 Å². The average molecular weight is 214 g/mol. The molecule has 0 spiro atoms. The number of benzene rings is 1. The Hall–Kier alpha value is -1.46. The second-order valence-electron chi connectivity index (χ2n) is 4.18. The minimum Gasteiger partial charge on any atom is -0.399 e. The first-order chi connectivity index (χ1) is 7.81. The molecule has 3 N–H and O–H groups in total. The summed E-state index contributed by atoms with van der Waals surface area (Å²) in [6, 6.07) is 6.74. The molecule has 1 aliphatic carbocycles. The van der Waals surface area contributed by atoms with Crippen molar-refractivity contribution in [3.05, 3.63) is 29.3 Å². The fraction of sp³-hybridized carbons (Fsp3) is 0.429. The van der Waals surface area contributed by atoms with Crippen LogP contribution in [0.3, 0.4) is 0 Å². The number of rotatable bonds is 3. The number of hydrogen-bond donors (Lipinski definition) is 2. The molecule has 0 saturated carbocycles. The van der Waals surface area contributed by atoms with Crippen LogP contribution in [0, 0.1) is 11.8 Å². The first-order valence-corrected chi connectivity index (χ1v) is 5.82. The largest absolute Gasteiger partial charge is 0.399 e. The van der Waals surface area contributed by atoms with Gasteiger partial charge in [-0.3, -0.25) is 0 Å². The van der Waals surface area contributed by atoms with Crippen LogP contribution >= 0.6 is 0 Å². The lowest BCUT2D eigenvalue weighted by atomic mass is 10.1. The van der Waals surface area contributed by atoms with Crippen molar-refractivity contribution in [2.45, 2.75) is 32.2 Å². The third-order valence-corrected chi connectivity index (χ3v) is 3.06. The molecule has 2 rings (SSSR count). The van der Waals surface area contributed by atoms with E-state index in [0.29, 0.717) is 6.04 Å². The molecule has 84 valence electrons. The first-order valence-electron chi connectivity index (χ1n) is 5.82. The van der Waals surface area contributed by atoms with Crippen molar-refractivity contribution in [1.29, 1.82) is 0 Å². The van der Waals surface area contributed by atoms with E-state index < -0.39 is 0 Å². The van der Waals surface area contributed by atoms with Gasteiger partial charge >= 0.3 is 0 Å². The second-order valence-corrected chi connectivity index (χ2v) is 4.18. The quantitative estimate of drug-likeness (QED) is 0.460. The maximum absolute atomic E-state index is 5.78. The maximum Gasteiger partial charge on any atom is 0.0326 e. The maximum atomic E-state index is 5.78. The van der Waals surface area contributed by atoms with E-state index in [1.807, 2.05) is 13.0 Å². The van der Waals surface area contributed by atoms with Crippen molar-refractivity contribution in [2.75, 3.05) is 12.3 Å². The number of nitrogens with two attached hydrogens (primary N) is 1. The zero-order valence-corrected chi connectivity index (χ0v) is 9.72. The highest BCUT2D eigenvalue weighted by atomic mass is 14.9. The van der Waals surface area contributed by atoms with Gasteiger partial charge in [-0.1, -0.05) is 6.07 Å². The monoisotopic (exact) mass is 214 g/mol. The van der Waals surface area contributed by atoms with E-state index >= 15 is 0 Å². The van der Waals surface area contributed by atoms with Crippen LogP contribution < -0.4 is 11.1 Å². The van der Waals surface area contributed by atoms with Crippen molar-refractivity contribution >= 4 is 5.69 Å². The summed E-state index contributed by atoms with van der Waals surface area (Å²) in [6.45, 7) is 2.85. The molecule has 0 aliphatic heterocycles. The molecule has 1 aromatic carbocycles. The van der Waals surface area contributed by atoms with Crippen LogP contribution in [-0.4, -0.2) is 6.54 Å². The minimum atomic E-state index is 0.495. The van der Waals surface area contributed by atoms with Gasteiger partial charge in [0.2, 0.25) is 0 Å². The van der Waals surface area contributed by atoms with Crippen molar-refractivity contribution in [3.8, 4) is 11.8 Å². The van der Waals surface area contributed by atoms with Crippen molar-refractivity contribution in [1.82, 2.24) is 5.32 Å². The molecule has 1 unspecified atom stereocenters. The SMILES string of the molecule is CC#CCCNC1CCc2cc(N)ccc21. The molecule has 0 amide bonds. The summed E-state index contributed by atoms with van der Waals surface area (Å²) in [5.74, 6) is 5.99. The van der Waals surface area contributed by atoms with Gasteiger partial charge in [0.1, 0.15) is 0 Å². The van der Waals surface area contributed by atoms with E-state index in [-0.39, 0.29) is 0 Å². The van der Waals surface area contributed by atoms with Gasteiger partial charge < -0.3 is 11.1 Å². The summed E-state index contributed by atoms with van der Waals surface area (Å²) < 4.78 is 0. The molecular weight excluding hydrogens is 196 g/mol. The van der Waals surface area contributed by atoms with Crippen LogP contribution in [-0.2, 0) is 6.42 Å². The molecule has 2 nitrogen and oxygen atoms in total. The predicted molar refractivity (Wildman–Crippen MR) is 68.0 cm³/mol. The number of hydrogen-bond acceptors (Lipinski definition) is 2. The highest BCUT2D eigenvalue weighted by Crippen LogP contribution is 2.32. The second kappa shape index (κ2) is 5.05. The lowest BCUT2D eigenvalue weighted by Gasteiger charge is -2.12. The van der Waals surface area contributed by atoms with Gasteiger partial charge in [0.25, 0.3) is 0 Å². The molecule has 0 aromatic heterocycles. The molecule has 0 heterocycles. The molecule has 2 heteroatoms. The molecule has 1 aliphatic rings. The van der Waals surface area contributed by atoms with Crippen molar-refractivity contribution in [3.63, 3.8) is 0 Å². The molecule has 0 radical (unpaired) electrons. The number of nitrogens with one attached hydrogen (secondary N) is 1. The van der Waals surface area contributed by atoms with Gasteiger partial charge in [-0.05, 0) is 43.0 Å². The molecule has 16 heavy (non-hydrogen) atoms. The van der Waals surface area contributed by atoms with Crippen LogP contribution in [0.4, 0.5) is 5.69 Å². The Kier molecular flexibility index (Phi) is 3.48. The van der Waals surface area contributed by atoms with Crippen LogP contribution in [0.1, 0.15) is 36.9 Å². The van der Waals surface area contributed by atoms with E-state index in [1.54, 1.807) is 0 Å². The van der Waals surface area contributed by atoms with Crippen LogP contribution in [0.25, 0.3) is 0 Å². The number of fused-ring (bicyclic) bond motifs is 1. The predicted octanol–water partition coefficient (Wildman–Crippen LogP) is 2.26. The third kappa shape index (κ3) is 2.37. The highest BCUT2D eigenvalue weighted by molar-refractivity contribution is 5.47. The van der Waals surface area contributed by atoms with Crippen LogP contribution in [0.2, 0.25) is 0 Å². The number of nitrogen functional groups attached to an aromatic ring is 1. The van der Waals surface area contributed by atoms with E-state index in [9.17, 15) is 0 Å². The summed E-state index contributed by atoms with van der Waals surface area (Å²) >= 11 is 0. The summed E-state index contributed by atoms with van der Waals surface area (Å²) in [5.41, 5.74) is 9.47. The van der Waals surface area contributed by atoms with Gasteiger partial charge in [0, 0.05) is 24.7 Å². The van der Waals surface area contributed by atoms with Crippen LogP contribution in [0.5, 0.6) is 0 Å². The Labute approximate surface area is 97.2 Å². The molecular formula is C14H18N2. The van der Waals surface area contributed by atoms with Gasteiger partial charge in [-0.25, -0.2) is 0 Å². The Morgan fingerprint density at radius 1 is 1.50 bits per heavy atom. The number of anilines is 1. The molecule has 0 saturated heterocycles. The summed E-state index contributed by atoms with van der Waals surface area (Å²) in [7, 11) is 0. The molecule has 0 bridgehead atoms. The van der Waals surface area contributed by atoms with Gasteiger partial charge in [0.05, 0.1) is 0 Å². The average Bonchev–Trinajstić information content (AvgIpc) is 2.67. The summed E-state index contributed by atoms with van der Waals surface area (Å²) in [4.78, 5) is 0. The van der Waals surface area contributed by atoms with Crippen molar-refractivity contribution < 1.29 is 0 Å². The van der Waals surface area contributed by atoms with Crippen LogP contribution in [0.15, 0.2) is 18.2 Å². The minimum absolute atomic E-state index is 0.495. The molecule has 0 fully saturated rings. The first kappa shape index (κ1) is 11.0.